The van der Waals surface area contributed by atoms with E-state index in [2.05, 4.69) is 16.0 Å². The first-order valence-electron chi connectivity index (χ1n) is 13.3. The Labute approximate surface area is 246 Å². The van der Waals surface area contributed by atoms with Gasteiger partial charge in [-0.05, 0) is 19.3 Å². The largest absolute Gasteiger partial charge is 0.481 e. The number of hydrogen-bond donors (Lipinski definition) is 12. The van der Waals surface area contributed by atoms with Crippen molar-refractivity contribution in [3.05, 3.63) is 0 Å². The molecule has 0 saturated carbocycles. The standard InChI is InChI=1S/C24H42N6O13/c1-4-10(2)18(30-22(40)17(25)11(3)34)23(41)26-12(5-6-16(35)36)19(37)27-13(7-31)20(38)28-14(8-32)21(39)29-15(9-33)24(42)43/h10-15,17-18,31-34H,4-9,25H2,1-3H3,(H,26,41)(H,27,37)(H,28,38)(H,29,39)(H,30,40)(H,35,36)(H,42,43)/t10-,11+,12-,13-,14-,15-,17-,18-/m0/s1. The van der Waals surface area contributed by atoms with Crippen LogP contribution in [0.5, 0.6) is 0 Å². The maximum atomic E-state index is 13.1. The third-order valence-corrected chi connectivity index (χ3v) is 6.32. The van der Waals surface area contributed by atoms with Crippen LogP contribution in [0.2, 0.25) is 0 Å². The van der Waals surface area contributed by atoms with E-state index in [-0.39, 0.29) is 0 Å². The fourth-order valence-corrected chi connectivity index (χ4v) is 3.36. The average molecular weight is 623 g/mol. The van der Waals surface area contributed by atoms with E-state index in [0.717, 1.165) is 0 Å². The SMILES string of the molecule is CC[C@H](C)[C@H](NC(=O)[C@@H](N)[C@@H](C)O)C(=O)N[C@@H](CCC(=O)O)C(=O)N[C@@H](CO)C(=O)N[C@@H](CO)C(=O)N[C@@H](CO)C(=O)O. The fourth-order valence-electron chi connectivity index (χ4n) is 3.36. The summed E-state index contributed by atoms with van der Waals surface area (Å²) < 4.78 is 0. The van der Waals surface area contributed by atoms with E-state index in [0.29, 0.717) is 6.42 Å². The molecular formula is C24H42N6O13. The molecule has 0 aromatic heterocycles. The maximum Gasteiger partial charge on any atom is 0.328 e. The lowest BCUT2D eigenvalue weighted by molar-refractivity contribution is -0.143. The summed E-state index contributed by atoms with van der Waals surface area (Å²) in [5, 5.41) is 66.5. The quantitative estimate of drug-likeness (QED) is 0.0602. The second-order valence-corrected chi connectivity index (χ2v) is 9.70. The normalized spacial score (nSPS) is 16.6. The molecule has 0 bridgehead atoms. The van der Waals surface area contributed by atoms with Crippen LogP contribution in [0.25, 0.3) is 0 Å². The Balaban J connectivity index is 5.80. The van der Waals surface area contributed by atoms with E-state index in [9.17, 15) is 48.9 Å². The summed E-state index contributed by atoms with van der Waals surface area (Å²) >= 11 is 0. The van der Waals surface area contributed by atoms with Gasteiger partial charge in [-0.2, -0.15) is 0 Å². The number of rotatable bonds is 20. The molecule has 0 saturated heterocycles. The van der Waals surface area contributed by atoms with Crippen LogP contribution >= 0.6 is 0 Å². The summed E-state index contributed by atoms with van der Waals surface area (Å²) in [4.78, 5) is 85.6. The molecule has 0 rings (SSSR count). The first-order chi connectivity index (χ1) is 20.0. The molecule has 19 nitrogen and oxygen atoms in total. The zero-order valence-corrected chi connectivity index (χ0v) is 24.0. The summed E-state index contributed by atoms with van der Waals surface area (Å²) in [6.07, 6.45) is -1.99. The number of aliphatic hydroxyl groups is 4. The number of aliphatic carboxylic acids is 2. The second kappa shape index (κ2) is 19.3. The first kappa shape index (κ1) is 39.1. The highest BCUT2D eigenvalue weighted by atomic mass is 16.4. The molecule has 0 radical (unpaired) electrons. The van der Waals surface area contributed by atoms with Crippen molar-refractivity contribution >= 4 is 41.5 Å². The molecule has 0 spiro atoms. The molecule has 0 aliphatic rings. The smallest absolute Gasteiger partial charge is 0.328 e. The molecule has 0 aliphatic heterocycles. The van der Waals surface area contributed by atoms with Gasteiger partial charge in [0, 0.05) is 6.42 Å². The van der Waals surface area contributed by atoms with Gasteiger partial charge in [-0.15, -0.1) is 0 Å². The number of nitrogens with one attached hydrogen (secondary N) is 5. The molecule has 0 aromatic rings. The second-order valence-electron chi connectivity index (χ2n) is 9.70. The predicted octanol–water partition coefficient (Wildman–Crippen LogP) is -5.91. The van der Waals surface area contributed by atoms with Crippen LogP contribution in [0.15, 0.2) is 0 Å². The van der Waals surface area contributed by atoms with Crippen molar-refractivity contribution in [2.45, 2.75) is 82.4 Å². The first-order valence-corrected chi connectivity index (χ1v) is 13.3. The average Bonchev–Trinajstić information content (AvgIpc) is 2.95. The predicted molar refractivity (Wildman–Crippen MR) is 145 cm³/mol. The number of hydrogen-bond acceptors (Lipinski definition) is 12. The Morgan fingerprint density at radius 1 is 0.651 bits per heavy atom. The molecule has 13 N–H and O–H groups in total. The van der Waals surface area contributed by atoms with Gasteiger partial charge in [0.2, 0.25) is 29.5 Å². The molecule has 19 heteroatoms. The molecule has 8 atom stereocenters. The Hall–Kier alpha value is -3.91. The van der Waals surface area contributed by atoms with Crippen LogP contribution in [-0.2, 0) is 33.6 Å². The topological polar surface area (TPSA) is 327 Å². The zero-order chi connectivity index (χ0) is 33.4. The van der Waals surface area contributed by atoms with Gasteiger partial charge >= 0.3 is 11.9 Å². The Morgan fingerprint density at radius 3 is 1.44 bits per heavy atom. The lowest BCUT2D eigenvalue weighted by Gasteiger charge is -2.28. The molecule has 43 heavy (non-hydrogen) atoms. The van der Waals surface area contributed by atoms with Crippen LogP contribution in [0, 0.1) is 5.92 Å². The minimum atomic E-state index is -1.79. The van der Waals surface area contributed by atoms with Crippen LogP contribution in [0.3, 0.4) is 0 Å². The van der Waals surface area contributed by atoms with E-state index >= 15 is 0 Å². The summed E-state index contributed by atoms with van der Waals surface area (Å²) in [5.41, 5.74) is 5.62. The fraction of sp³-hybridized carbons (Fsp3) is 0.708. The van der Waals surface area contributed by atoms with E-state index < -0.39 is 122 Å². The molecule has 246 valence electrons. The Kier molecular flexibility index (Phi) is 17.6. The highest BCUT2D eigenvalue weighted by molar-refractivity contribution is 5.96. The summed E-state index contributed by atoms with van der Waals surface area (Å²) in [6.45, 7) is 1.47. The summed E-state index contributed by atoms with van der Waals surface area (Å²) in [6, 6.07) is -9.55. The lowest BCUT2D eigenvalue weighted by Crippen LogP contribution is -2.61. The van der Waals surface area contributed by atoms with Crippen LogP contribution in [0.1, 0.15) is 40.0 Å². The van der Waals surface area contributed by atoms with E-state index in [1.54, 1.807) is 13.8 Å². The van der Waals surface area contributed by atoms with Crippen molar-refractivity contribution < 1.29 is 64.2 Å². The summed E-state index contributed by atoms with van der Waals surface area (Å²) in [5.74, 6) is -8.79. The lowest BCUT2D eigenvalue weighted by atomic mass is 9.97. The minimum absolute atomic E-state index is 0.367. The number of amides is 5. The number of carboxylic acids is 2. The van der Waals surface area contributed by atoms with Crippen LogP contribution < -0.4 is 32.3 Å². The highest BCUT2D eigenvalue weighted by Crippen LogP contribution is 2.10. The van der Waals surface area contributed by atoms with Gasteiger partial charge in [0.1, 0.15) is 36.3 Å². The van der Waals surface area contributed by atoms with Gasteiger partial charge in [0.05, 0.1) is 25.9 Å². The number of carboxylic acid groups (broad SMARTS) is 2. The van der Waals surface area contributed by atoms with Crippen molar-refractivity contribution in [1.29, 1.82) is 0 Å². The third kappa shape index (κ3) is 13.3. The minimum Gasteiger partial charge on any atom is -0.481 e. The molecule has 0 aliphatic carbocycles. The van der Waals surface area contributed by atoms with Crippen molar-refractivity contribution in [3.63, 3.8) is 0 Å². The van der Waals surface area contributed by atoms with Gasteiger partial charge in [0.25, 0.3) is 0 Å². The number of carbonyl (C=O) groups is 7. The zero-order valence-electron chi connectivity index (χ0n) is 24.0. The van der Waals surface area contributed by atoms with Crippen molar-refractivity contribution in [2.24, 2.45) is 11.7 Å². The van der Waals surface area contributed by atoms with Gasteiger partial charge in [-0.3, -0.25) is 28.8 Å². The van der Waals surface area contributed by atoms with Gasteiger partial charge in [-0.25, -0.2) is 4.79 Å². The van der Waals surface area contributed by atoms with E-state index in [4.69, 9.17) is 21.1 Å². The maximum absolute atomic E-state index is 13.1. The molecule has 0 unspecified atom stereocenters. The van der Waals surface area contributed by atoms with Crippen molar-refractivity contribution in [2.75, 3.05) is 19.8 Å². The summed E-state index contributed by atoms with van der Waals surface area (Å²) in [7, 11) is 0. The van der Waals surface area contributed by atoms with Gasteiger partial charge < -0.3 is 63.0 Å². The highest BCUT2D eigenvalue weighted by Gasteiger charge is 2.34. The Bertz CT molecular complexity index is 995. The third-order valence-electron chi connectivity index (χ3n) is 6.32. The van der Waals surface area contributed by atoms with Crippen LogP contribution in [0.4, 0.5) is 0 Å². The molecule has 0 heterocycles. The van der Waals surface area contributed by atoms with Crippen molar-refractivity contribution in [1.82, 2.24) is 26.6 Å². The monoisotopic (exact) mass is 622 g/mol. The molecule has 0 fully saturated rings. The van der Waals surface area contributed by atoms with Crippen molar-refractivity contribution in [3.8, 4) is 0 Å². The molecule has 0 aromatic carbocycles. The number of nitrogens with two attached hydrogens (primary N) is 1. The van der Waals surface area contributed by atoms with E-state index in [1.165, 1.54) is 6.92 Å². The van der Waals surface area contributed by atoms with Gasteiger partial charge in [0.15, 0.2) is 0 Å². The molecular weight excluding hydrogens is 580 g/mol. The van der Waals surface area contributed by atoms with Crippen LogP contribution in [-0.4, -0.2) is 134 Å². The molecule has 5 amide bonds. The van der Waals surface area contributed by atoms with Gasteiger partial charge in [-0.1, -0.05) is 20.3 Å². The number of carbonyl (C=O) groups excluding carboxylic acids is 5. The van der Waals surface area contributed by atoms with E-state index in [1.807, 2.05) is 10.6 Å². The Morgan fingerprint density at radius 2 is 1.07 bits per heavy atom. The number of aliphatic hydroxyl groups excluding tert-OH is 4.